The Morgan fingerprint density at radius 3 is 2.31 bits per heavy atom. The lowest BCUT2D eigenvalue weighted by atomic mass is 10.1. The molecule has 2 aromatic carbocycles. The van der Waals surface area contributed by atoms with E-state index in [1.807, 2.05) is 0 Å². The Hall–Kier alpha value is -2.91. The van der Waals surface area contributed by atoms with E-state index in [9.17, 15) is 17.6 Å². The average molecular weight is 460 g/mol. The van der Waals surface area contributed by atoms with E-state index in [1.165, 1.54) is 21.3 Å². The van der Waals surface area contributed by atoms with Crippen molar-refractivity contribution < 1.29 is 22.3 Å². The topological polar surface area (TPSA) is 82.7 Å². The summed E-state index contributed by atoms with van der Waals surface area (Å²) in [5.74, 6) is -0.320. The second-order valence-corrected chi connectivity index (χ2v) is 10.7. The van der Waals surface area contributed by atoms with Crippen molar-refractivity contribution in [2.24, 2.45) is 0 Å². The maximum atomic E-state index is 13.4. The third kappa shape index (κ3) is 4.49. The Balaban J connectivity index is 1.47. The minimum Gasteiger partial charge on any atom is -0.444 e. The summed E-state index contributed by atoms with van der Waals surface area (Å²) in [4.78, 5) is 17.0. The smallest absolute Gasteiger partial charge is 0.410 e. The Labute approximate surface area is 186 Å². The van der Waals surface area contributed by atoms with Crippen LogP contribution in [0.15, 0.2) is 53.6 Å². The van der Waals surface area contributed by atoms with Crippen molar-refractivity contribution in [2.45, 2.75) is 31.3 Å². The van der Waals surface area contributed by atoms with Gasteiger partial charge in [0, 0.05) is 48.8 Å². The van der Waals surface area contributed by atoms with Crippen molar-refractivity contribution in [1.29, 1.82) is 0 Å². The molecule has 1 amide bonds. The molecule has 32 heavy (non-hydrogen) atoms. The van der Waals surface area contributed by atoms with Crippen molar-refractivity contribution in [3.05, 3.63) is 54.5 Å². The van der Waals surface area contributed by atoms with Gasteiger partial charge in [-0.15, -0.1) is 0 Å². The average Bonchev–Trinajstić information content (AvgIpc) is 3.15. The number of nitrogens with zero attached hydrogens (tertiary/aromatic N) is 2. The van der Waals surface area contributed by atoms with Gasteiger partial charge >= 0.3 is 6.09 Å². The highest BCUT2D eigenvalue weighted by Gasteiger charge is 2.32. The van der Waals surface area contributed by atoms with E-state index < -0.39 is 21.7 Å². The molecule has 1 aromatic heterocycles. The van der Waals surface area contributed by atoms with Crippen LogP contribution in [0.25, 0.3) is 22.0 Å². The number of aromatic amines is 1. The molecule has 1 aliphatic heterocycles. The molecule has 0 bridgehead atoms. The lowest BCUT2D eigenvalue weighted by Gasteiger charge is -2.35. The van der Waals surface area contributed by atoms with Gasteiger partial charge in [-0.05, 0) is 56.7 Å². The normalized spacial score (nSPS) is 15.8. The number of sulfonamides is 1. The Morgan fingerprint density at radius 1 is 1.03 bits per heavy atom. The van der Waals surface area contributed by atoms with Gasteiger partial charge in [0.1, 0.15) is 11.4 Å². The van der Waals surface area contributed by atoms with E-state index in [1.54, 1.807) is 57.3 Å². The first kappa shape index (κ1) is 22.3. The maximum Gasteiger partial charge on any atom is 0.410 e. The number of fused-ring (bicyclic) bond motifs is 1. The van der Waals surface area contributed by atoms with Crippen LogP contribution in [0, 0.1) is 5.82 Å². The molecule has 1 aliphatic rings. The van der Waals surface area contributed by atoms with Crippen LogP contribution < -0.4 is 0 Å². The van der Waals surface area contributed by atoms with E-state index in [-0.39, 0.29) is 36.9 Å². The molecule has 1 fully saturated rings. The lowest BCUT2D eigenvalue weighted by molar-refractivity contribution is 0.0192. The molecule has 1 N–H and O–H groups in total. The molecular weight excluding hydrogens is 433 g/mol. The van der Waals surface area contributed by atoms with Crippen LogP contribution in [0.5, 0.6) is 0 Å². The monoisotopic (exact) mass is 459 g/mol. The van der Waals surface area contributed by atoms with Gasteiger partial charge in [-0.3, -0.25) is 0 Å². The van der Waals surface area contributed by atoms with Gasteiger partial charge in [-0.1, -0.05) is 12.1 Å². The van der Waals surface area contributed by atoms with Crippen molar-refractivity contribution in [3.8, 4) is 11.1 Å². The van der Waals surface area contributed by atoms with Crippen LogP contribution in [0.1, 0.15) is 20.8 Å². The number of halogens is 1. The van der Waals surface area contributed by atoms with Crippen molar-refractivity contribution in [2.75, 3.05) is 26.2 Å². The highest BCUT2D eigenvalue weighted by molar-refractivity contribution is 7.89. The minimum absolute atomic E-state index is 0.192. The first-order valence-corrected chi connectivity index (χ1v) is 11.8. The molecule has 170 valence electrons. The summed E-state index contributed by atoms with van der Waals surface area (Å²) in [6.45, 7) is 6.35. The molecule has 2 heterocycles. The van der Waals surface area contributed by atoms with Gasteiger partial charge in [0.25, 0.3) is 0 Å². The second kappa shape index (κ2) is 8.22. The molecule has 0 saturated carbocycles. The second-order valence-electron chi connectivity index (χ2n) is 8.79. The first-order chi connectivity index (χ1) is 15.0. The third-order valence-corrected chi connectivity index (χ3v) is 7.25. The molecule has 0 radical (unpaired) electrons. The number of piperazine rings is 1. The predicted molar refractivity (Wildman–Crippen MR) is 120 cm³/mol. The quantitative estimate of drug-likeness (QED) is 0.636. The summed E-state index contributed by atoms with van der Waals surface area (Å²) >= 11 is 0. The van der Waals surface area contributed by atoms with Crippen LogP contribution in [0.4, 0.5) is 9.18 Å². The van der Waals surface area contributed by atoms with E-state index in [4.69, 9.17) is 4.74 Å². The standard InChI is InChI=1S/C23H26FN3O4S/c1-23(2,3)31-22(28)26-10-12-27(13-11-26)32(29,30)18-7-4-16(5-8-18)20-15-25-21-14-17(24)6-9-19(20)21/h4-9,14-15,25H,10-13H2,1-3H3. The third-order valence-electron chi connectivity index (χ3n) is 5.34. The van der Waals surface area contributed by atoms with E-state index >= 15 is 0 Å². The summed E-state index contributed by atoms with van der Waals surface area (Å²) in [7, 11) is -3.68. The molecular formula is C23H26FN3O4S. The summed E-state index contributed by atoms with van der Waals surface area (Å²) < 4.78 is 46.3. The Kier molecular flexibility index (Phi) is 5.72. The van der Waals surface area contributed by atoms with Crippen LogP contribution >= 0.6 is 0 Å². The van der Waals surface area contributed by atoms with Gasteiger partial charge in [0.2, 0.25) is 10.0 Å². The van der Waals surface area contributed by atoms with E-state index in [0.717, 1.165) is 16.5 Å². The molecule has 7 nitrogen and oxygen atoms in total. The van der Waals surface area contributed by atoms with Gasteiger partial charge in [0.15, 0.2) is 0 Å². The highest BCUT2D eigenvalue weighted by Crippen LogP contribution is 2.30. The first-order valence-electron chi connectivity index (χ1n) is 10.4. The van der Waals surface area contributed by atoms with Gasteiger partial charge in [0.05, 0.1) is 4.90 Å². The number of hydrogen-bond acceptors (Lipinski definition) is 4. The fraction of sp³-hybridized carbons (Fsp3) is 0.348. The lowest BCUT2D eigenvalue weighted by Crippen LogP contribution is -2.51. The molecule has 9 heteroatoms. The number of hydrogen-bond donors (Lipinski definition) is 1. The molecule has 1 saturated heterocycles. The Bertz CT molecular complexity index is 1240. The fourth-order valence-electron chi connectivity index (χ4n) is 3.73. The zero-order chi connectivity index (χ0) is 23.1. The molecule has 4 rings (SSSR count). The minimum atomic E-state index is -3.68. The SMILES string of the molecule is CC(C)(C)OC(=O)N1CCN(S(=O)(=O)c2ccc(-c3c[nH]c4cc(F)ccc34)cc2)CC1. The molecule has 0 unspecified atom stereocenters. The summed E-state index contributed by atoms with van der Waals surface area (Å²) in [5.41, 5.74) is 1.78. The number of H-pyrrole nitrogens is 1. The predicted octanol–water partition coefficient (Wildman–Crippen LogP) is 4.22. The largest absolute Gasteiger partial charge is 0.444 e. The highest BCUT2D eigenvalue weighted by atomic mass is 32.2. The van der Waals surface area contributed by atoms with Crippen LogP contribution in [-0.2, 0) is 14.8 Å². The fourth-order valence-corrected chi connectivity index (χ4v) is 5.15. The number of ether oxygens (including phenoxy) is 1. The number of nitrogens with one attached hydrogen (secondary N) is 1. The van der Waals surface area contributed by atoms with Gasteiger partial charge in [-0.25, -0.2) is 17.6 Å². The maximum absolute atomic E-state index is 13.4. The number of amides is 1. The van der Waals surface area contributed by atoms with Crippen LogP contribution in [0.2, 0.25) is 0 Å². The van der Waals surface area contributed by atoms with Crippen molar-refractivity contribution >= 4 is 27.0 Å². The molecule has 0 aliphatic carbocycles. The number of benzene rings is 2. The summed E-state index contributed by atoms with van der Waals surface area (Å²) in [6.07, 6.45) is 1.35. The number of carbonyl (C=O) groups is 1. The Morgan fingerprint density at radius 2 is 1.69 bits per heavy atom. The zero-order valence-electron chi connectivity index (χ0n) is 18.3. The van der Waals surface area contributed by atoms with Gasteiger partial charge < -0.3 is 14.6 Å². The molecule has 0 atom stereocenters. The van der Waals surface area contributed by atoms with Crippen molar-refractivity contribution in [1.82, 2.24) is 14.2 Å². The molecule has 0 spiro atoms. The van der Waals surface area contributed by atoms with E-state index in [2.05, 4.69) is 4.98 Å². The zero-order valence-corrected chi connectivity index (χ0v) is 19.1. The summed E-state index contributed by atoms with van der Waals surface area (Å²) in [6, 6.07) is 11.2. The number of rotatable bonds is 3. The van der Waals surface area contributed by atoms with Crippen molar-refractivity contribution in [3.63, 3.8) is 0 Å². The van der Waals surface area contributed by atoms with Gasteiger partial charge in [-0.2, -0.15) is 4.31 Å². The number of aromatic nitrogens is 1. The molecule has 3 aromatic rings. The number of carbonyl (C=O) groups excluding carboxylic acids is 1. The summed E-state index contributed by atoms with van der Waals surface area (Å²) in [5, 5.41) is 0.861. The van der Waals surface area contributed by atoms with Crippen LogP contribution in [0.3, 0.4) is 0 Å². The van der Waals surface area contributed by atoms with Crippen LogP contribution in [-0.4, -0.2) is 60.5 Å². The van der Waals surface area contributed by atoms with E-state index in [0.29, 0.717) is 5.52 Å².